The van der Waals surface area contributed by atoms with Crippen molar-refractivity contribution in [3.05, 3.63) is 69.3 Å². The largest absolute Gasteiger partial charge is 0.306 e. The zero-order valence-electron chi connectivity index (χ0n) is 13.5. The van der Waals surface area contributed by atoms with Crippen LogP contribution in [0.2, 0.25) is 0 Å². The third-order valence-electron chi connectivity index (χ3n) is 4.46. The van der Waals surface area contributed by atoms with Gasteiger partial charge in [0, 0.05) is 46.7 Å². The Hall–Kier alpha value is -2.05. The van der Waals surface area contributed by atoms with Crippen molar-refractivity contribution >= 4 is 16.5 Å². The second-order valence-corrected chi connectivity index (χ2v) is 7.44. The number of aryl methyl sites for hydroxylation is 1. The van der Waals surface area contributed by atoms with Gasteiger partial charge in [-0.1, -0.05) is 18.2 Å². The number of nitro groups is 1. The first kappa shape index (κ1) is 16.8. The lowest BCUT2D eigenvalue weighted by Gasteiger charge is -2.26. The summed E-state index contributed by atoms with van der Waals surface area (Å²) in [4.78, 5) is 11.5. The molecular weight excluding hydrogens is 324 g/mol. The number of fused-ring (bicyclic) bond motifs is 1. The molecule has 0 amide bonds. The Kier molecular flexibility index (Phi) is 5.06. The van der Waals surface area contributed by atoms with Gasteiger partial charge in [0.2, 0.25) is 0 Å². The molecular formula is C18H20N2O3S. The van der Waals surface area contributed by atoms with Crippen molar-refractivity contribution in [2.45, 2.75) is 36.7 Å². The van der Waals surface area contributed by atoms with Crippen molar-refractivity contribution in [3.8, 4) is 0 Å². The summed E-state index contributed by atoms with van der Waals surface area (Å²) in [5, 5.41) is 14.5. The molecule has 6 heteroatoms. The average Bonchev–Trinajstić information content (AvgIpc) is 2.59. The molecule has 2 aromatic rings. The van der Waals surface area contributed by atoms with Gasteiger partial charge in [0.05, 0.1) is 4.92 Å². The van der Waals surface area contributed by atoms with Crippen LogP contribution in [0.15, 0.2) is 47.4 Å². The number of nitro benzene ring substituents is 1. The van der Waals surface area contributed by atoms with Gasteiger partial charge < -0.3 is 5.32 Å². The summed E-state index contributed by atoms with van der Waals surface area (Å²) in [6.07, 6.45) is 4.70. The summed E-state index contributed by atoms with van der Waals surface area (Å²) in [7, 11) is -0.967. The number of non-ortho nitro benzene ring substituents is 1. The highest BCUT2D eigenvalue weighted by Crippen LogP contribution is 2.32. The number of hydrogen-bond acceptors (Lipinski definition) is 4. The van der Waals surface area contributed by atoms with Gasteiger partial charge in [0.1, 0.15) is 0 Å². The first-order chi connectivity index (χ1) is 11.5. The quantitative estimate of drug-likeness (QED) is 0.665. The van der Waals surface area contributed by atoms with E-state index in [1.807, 2.05) is 30.3 Å². The molecule has 0 saturated carbocycles. The van der Waals surface area contributed by atoms with E-state index >= 15 is 0 Å². The van der Waals surface area contributed by atoms with Gasteiger partial charge >= 0.3 is 0 Å². The number of nitrogens with zero attached hydrogens (tertiary/aromatic N) is 1. The van der Waals surface area contributed by atoms with Crippen LogP contribution in [0.5, 0.6) is 0 Å². The molecule has 1 aliphatic rings. The molecule has 1 aliphatic carbocycles. The third kappa shape index (κ3) is 3.71. The lowest BCUT2D eigenvalue weighted by Crippen LogP contribution is -2.25. The van der Waals surface area contributed by atoms with E-state index in [-0.39, 0.29) is 16.7 Å². The lowest BCUT2D eigenvalue weighted by molar-refractivity contribution is -0.385. The molecule has 2 aromatic carbocycles. The number of nitrogens with one attached hydrogen (secondary N) is 1. The maximum absolute atomic E-state index is 11.4. The van der Waals surface area contributed by atoms with Crippen LogP contribution in [-0.2, 0) is 23.8 Å². The molecule has 0 fully saturated rings. The monoisotopic (exact) mass is 344 g/mol. The van der Waals surface area contributed by atoms with Gasteiger partial charge in [-0.15, -0.1) is 0 Å². The molecule has 0 bridgehead atoms. The van der Waals surface area contributed by atoms with E-state index in [1.54, 1.807) is 18.4 Å². The fourth-order valence-electron chi connectivity index (χ4n) is 3.15. The molecule has 0 unspecified atom stereocenters. The second kappa shape index (κ2) is 7.23. The van der Waals surface area contributed by atoms with Gasteiger partial charge in [0.25, 0.3) is 5.69 Å². The van der Waals surface area contributed by atoms with Crippen molar-refractivity contribution in [1.82, 2.24) is 5.32 Å². The van der Waals surface area contributed by atoms with Gasteiger partial charge in [-0.2, -0.15) is 0 Å². The van der Waals surface area contributed by atoms with Crippen molar-refractivity contribution < 1.29 is 9.13 Å². The molecule has 5 nitrogen and oxygen atoms in total. The molecule has 0 heterocycles. The highest BCUT2D eigenvalue weighted by Gasteiger charge is 2.22. The van der Waals surface area contributed by atoms with E-state index in [0.717, 1.165) is 35.3 Å². The zero-order valence-corrected chi connectivity index (χ0v) is 14.3. The van der Waals surface area contributed by atoms with Crippen LogP contribution in [0.3, 0.4) is 0 Å². The van der Waals surface area contributed by atoms with Crippen LogP contribution in [0.1, 0.15) is 35.6 Å². The molecule has 126 valence electrons. The second-order valence-electron chi connectivity index (χ2n) is 6.06. The molecule has 24 heavy (non-hydrogen) atoms. The molecule has 3 rings (SSSR count). The van der Waals surface area contributed by atoms with Crippen molar-refractivity contribution in [1.29, 1.82) is 0 Å². The van der Waals surface area contributed by atoms with Crippen molar-refractivity contribution in [3.63, 3.8) is 0 Å². The Morgan fingerprint density at radius 3 is 2.67 bits per heavy atom. The van der Waals surface area contributed by atoms with Crippen molar-refractivity contribution in [2.24, 2.45) is 0 Å². The minimum Gasteiger partial charge on any atom is -0.306 e. The molecule has 0 radical (unpaired) electrons. The highest BCUT2D eigenvalue weighted by molar-refractivity contribution is 7.84. The van der Waals surface area contributed by atoms with E-state index in [0.29, 0.717) is 6.54 Å². The summed E-state index contributed by atoms with van der Waals surface area (Å²) in [5.41, 5.74) is 3.50. The standard InChI is InChI=1S/C18H20N2O3S/c1-24(23)16-9-5-13(6-10-16)12-19-18-4-2-3-14-7-8-15(20(21)22)11-17(14)18/h5-11,18-19H,2-4,12H2,1H3/t18-,24-/m1/s1. The smallest absolute Gasteiger partial charge is 0.269 e. The van der Waals surface area contributed by atoms with Crippen LogP contribution in [0.4, 0.5) is 5.69 Å². The Bertz CT molecular complexity index is 774. The Labute approximate surface area is 143 Å². The topological polar surface area (TPSA) is 72.2 Å². The fourth-order valence-corrected chi connectivity index (χ4v) is 3.67. The normalized spacial score (nSPS) is 18.0. The summed E-state index contributed by atoms with van der Waals surface area (Å²) < 4.78 is 11.4. The Morgan fingerprint density at radius 1 is 1.25 bits per heavy atom. The summed E-state index contributed by atoms with van der Waals surface area (Å²) >= 11 is 0. The summed E-state index contributed by atoms with van der Waals surface area (Å²) in [6, 6.07) is 13.0. The first-order valence-electron chi connectivity index (χ1n) is 7.97. The maximum atomic E-state index is 11.4. The number of rotatable bonds is 5. The van der Waals surface area contributed by atoms with Crippen LogP contribution < -0.4 is 5.32 Å². The molecule has 1 N–H and O–H groups in total. The molecule has 0 aromatic heterocycles. The molecule has 0 saturated heterocycles. The average molecular weight is 344 g/mol. The van der Waals surface area contributed by atoms with E-state index in [4.69, 9.17) is 0 Å². The Morgan fingerprint density at radius 2 is 2.00 bits per heavy atom. The van der Waals surface area contributed by atoms with Crippen LogP contribution in [0.25, 0.3) is 0 Å². The molecule has 0 aliphatic heterocycles. The zero-order chi connectivity index (χ0) is 17.1. The third-order valence-corrected chi connectivity index (χ3v) is 5.40. The van der Waals surface area contributed by atoms with Crippen LogP contribution >= 0.6 is 0 Å². The van der Waals surface area contributed by atoms with Crippen molar-refractivity contribution in [2.75, 3.05) is 6.26 Å². The number of hydrogen-bond donors (Lipinski definition) is 1. The highest BCUT2D eigenvalue weighted by atomic mass is 32.2. The lowest BCUT2D eigenvalue weighted by atomic mass is 9.87. The molecule has 0 spiro atoms. The van der Waals surface area contributed by atoms with E-state index < -0.39 is 10.8 Å². The summed E-state index contributed by atoms with van der Waals surface area (Å²) in [5.74, 6) is 0. The van der Waals surface area contributed by atoms with E-state index in [9.17, 15) is 14.3 Å². The maximum Gasteiger partial charge on any atom is 0.269 e. The first-order valence-corrected chi connectivity index (χ1v) is 9.53. The van der Waals surface area contributed by atoms with Crippen LogP contribution in [-0.4, -0.2) is 15.4 Å². The minimum absolute atomic E-state index is 0.133. The predicted molar refractivity (Wildman–Crippen MR) is 94.4 cm³/mol. The van der Waals surface area contributed by atoms with Gasteiger partial charge in [-0.05, 0) is 48.1 Å². The molecule has 2 atom stereocenters. The summed E-state index contributed by atoms with van der Waals surface area (Å²) in [6.45, 7) is 0.684. The number of benzene rings is 2. The Balaban J connectivity index is 1.73. The minimum atomic E-state index is -0.967. The van der Waals surface area contributed by atoms with Gasteiger partial charge in [-0.3, -0.25) is 14.3 Å². The van der Waals surface area contributed by atoms with Gasteiger partial charge in [0.15, 0.2) is 0 Å². The van der Waals surface area contributed by atoms with E-state index in [2.05, 4.69) is 5.32 Å². The SMILES string of the molecule is C[S@@](=O)c1ccc(CN[C@@H]2CCCc3ccc([N+](=O)[O-])cc32)cc1. The predicted octanol–water partition coefficient (Wildman–Crippen LogP) is 3.50. The van der Waals surface area contributed by atoms with Crippen LogP contribution in [0, 0.1) is 10.1 Å². The van der Waals surface area contributed by atoms with E-state index in [1.165, 1.54) is 5.56 Å². The van der Waals surface area contributed by atoms with Gasteiger partial charge in [-0.25, -0.2) is 0 Å². The fraction of sp³-hybridized carbons (Fsp3) is 0.333.